The molecule has 1 aromatic carbocycles. The Hall–Kier alpha value is -2.09. The zero-order valence-corrected chi connectivity index (χ0v) is 13.7. The number of carboxylic acids is 2. The van der Waals surface area contributed by atoms with Crippen molar-refractivity contribution < 1.29 is 33.0 Å². The number of hydrogen-bond acceptors (Lipinski definition) is 3. The lowest BCUT2D eigenvalue weighted by Crippen LogP contribution is -2.43. The SMILES string of the molecule is CC(C)C(C(=O)O)N(C)CCc1ccccc1.O=C(O)C(F)(F)F. The highest BCUT2D eigenvalue weighted by molar-refractivity contribution is 5.73. The Bertz CT molecular complexity index is 518. The summed E-state index contributed by atoms with van der Waals surface area (Å²) in [5.41, 5.74) is 1.24. The van der Waals surface area contributed by atoms with Crippen LogP contribution in [-0.4, -0.2) is 52.9 Å². The van der Waals surface area contributed by atoms with Crippen LogP contribution >= 0.6 is 0 Å². The van der Waals surface area contributed by atoms with E-state index in [0.717, 1.165) is 13.0 Å². The van der Waals surface area contributed by atoms with E-state index in [9.17, 15) is 18.0 Å². The van der Waals surface area contributed by atoms with E-state index >= 15 is 0 Å². The molecule has 0 saturated carbocycles. The topological polar surface area (TPSA) is 77.8 Å². The zero-order valence-electron chi connectivity index (χ0n) is 13.7. The van der Waals surface area contributed by atoms with Crippen LogP contribution in [0.5, 0.6) is 0 Å². The highest BCUT2D eigenvalue weighted by Gasteiger charge is 2.38. The fourth-order valence-electron chi connectivity index (χ4n) is 2.07. The number of aliphatic carboxylic acids is 2. The monoisotopic (exact) mass is 349 g/mol. The predicted molar refractivity (Wildman–Crippen MR) is 82.7 cm³/mol. The van der Waals surface area contributed by atoms with Crippen molar-refractivity contribution >= 4 is 11.9 Å². The van der Waals surface area contributed by atoms with Crippen molar-refractivity contribution in [2.75, 3.05) is 13.6 Å². The summed E-state index contributed by atoms with van der Waals surface area (Å²) in [4.78, 5) is 22.0. The second-order valence-electron chi connectivity index (χ2n) is 5.55. The first kappa shape index (κ1) is 21.9. The van der Waals surface area contributed by atoms with Crippen LogP contribution in [0.1, 0.15) is 19.4 Å². The molecule has 0 saturated heterocycles. The smallest absolute Gasteiger partial charge is 0.480 e. The van der Waals surface area contributed by atoms with Crippen molar-refractivity contribution in [2.45, 2.75) is 32.5 Å². The number of alkyl halides is 3. The van der Waals surface area contributed by atoms with Crippen molar-refractivity contribution in [1.82, 2.24) is 4.90 Å². The van der Waals surface area contributed by atoms with Gasteiger partial charge in [-0.25, -0.2) is 4.79 Å². The molecule has 136 valence electrons. The number of carbonyl (C=O) groups is 2. The van der Waals surface area contributed by atoms with Gasteiger partial charge in [0.15, 0.2) is 0 Å². The molecule has 0 radical (unpaired) electrons. The van der Waals surface area contributed by atoms with Gasteiger partial charge in [0.1, 0.15) is 6.04 Å². The fourth-order valence-corrected chi connectivity index (χ4v) is 2.07. The minimum atomic E-state index is -5.08. The lowest BCUT2D eigenvalue weighted by molar-refractivity contribution is -0.192. The maximum atomic E-state index is 11.2. The number of benzene rings is 1. The first-order chi connectivity index (χ1) is 11.0. The normalized spacial score (nSPS) is 12.5. The molecule has 0 bridgehead atoms. The van der Waals surface area contributed by atoms with E-state index in [1.807, 2.05) is 44.0 Å². The largest absolute Gasteiger partial charge is 0.490 e. The summed E-state index contributed by atoms with van der Waals surface area (Å²) in [5.74, 6) is -3.38. The third-order valence-electron chi connectivity index (χ3n) is 3.20. The van der Waals surface area contributed by atoms with E-state index in [1.165, 1.54) is 5.56 Å². The molecule has 2 N–H and O–H groups in total. The summed E-state index contributed by atoms with van der Waals surface area (Å²) in [6.07, 6.45) is -4.20. The molecule has 0 aliphatic carbocycles. The van der Waals surface area contributed by atoms with E-state index in [-0.39, 0.29) is 5.92 Å². The Kier molecular flexibility index (Phi) is 9.05. The van der Waals surface area contributed by atoms with Crippen LogP contribution in [-0.2, 0) is 16.0 Å². The van der Waals surface area contributed by atoms with Gasteiger partial charge in [-0.2, -0.15) is 13.2 Å². The molecule has 0 aliphatic rings. The van der Waals surface area contributed by atoms with Gasteiger partial charge < -0.3 is 10.2 Å². The molecule has 24 heavy (non-hydrogen) atoms. The predicted octanol–water partition coefficient (Wildman–Crippen LogP) is 2.90. The maximum absolute atomic E-state index is 11.2. The molecule has 1 rings (SSSR count). The Morgan fingerprint density at radius 3 is 1.92 bits per heavy atom. The summed E-state index contributed by atoms with van der Waals surface area (Å²) >= 11 is 0. The van der Waals surface area contributed by atoms with Crippen molar-refractivity contribution in [2.24, 2.45) is 5.92 Å². The average Bonchev–Trinajstić information content (AvgIpc) is 2.45. The molecule has 1 unspecified atom stereocenters. The number of halogens is 3. The minimum Gasteiger partial charge on any atom is -0.480 e. The van der Waals surface area contributed by atoms with Gasteiger partial charge >= 0.3 is 18.1 Å². The molecule has 5 nitrogen and oxygen atoms in total. The maximum Gasteiger partial charge on any atom is 0.490 e. The quantitative estimate of drug-likeness (QED) is 0.826. The van der Waals surface area contributed by atoms with Crippen molar-refractivity contribution in [3.05, 3.63) is 35.9 Å². The lowest BCUT2D eigenvalue weighted by atomic mass is 10.0. The van der Waals surface area contributed by atoms with E-state index in [0.29, 0.717) is 0 Å². The van der Waals surface area contributed by atoms with Crippen molar-refractivity contribution in [3.8, 4) is 0 Å². The van der Waals surface area contributed by atoms with Gasteiger partial charge in [-0.15, -0.1) is 0 Å². The van der Waals surface area contributed by atoms with Crippen LogP contribution in [0.2, 0.25) is 0 Å². The van der Waals surface area contributed by atoms with Gasteiger partial charge in [-0.05, 0) is 24.9 Å². The summed E-state index contributed by atoms with van der Waals surface area (Å²) in [7, 11) is 1.88. The molecular formula is C16H22F3NO4. The highest BCUT2D eigenvalue weighted by atomic mass is 19.4. The number of carboxylic acid groups (broad SMARTS) is 2. The third kappa shape index (κ3) is 8.52. The van der Waals surface area contributed by atoms with Crippen LogP contribution in [0, 0.1) is 5.92 Å². The fraction of sp³-hybridized carbons (Fsp3) is 0.500. The van der Waals surface area contributed by atoms with E-state index in [1.54, 1.807) is 0 Å². The number of hydrogen-bond donors (Lipinski definition) is 2. The first-order valence-corrected chi connectivity index (χ1v) is 7.23. The number of likely N-dealkylation sites (N-methyl/N-ethyl adjacent to an activating group) is 1. The number of rotatable bonds is 6. The molecule has 0 spiro atoms. The molecular weight excluding hydrogens is 327 g/mol. The first-order valence-electron chi connectivity index (χ1n) is 7.23. The zero-order chi connectivity index (χ0) is 18.9. The minimum absolute atomic E-state index is 0.119. The van der Waals surface area contributed by atoms with Crippen LogP contribution in [0.4, 0.5) is 13.2 Å². The Morgan fingerprint density at radius 2 is 1.58 bits per heavy atom. The Morgan fingerprint density at radius 1 is 1.12 bits per heavy atom. The molecule has 0 aliphatic heterocycles. The second-order valence-corrected chi connectivity index (χ2v) is 5.55. The van der Waals surface area contributed by atoms with Crippen LogP contribution in [0.25, 0.3) is 0 Å². The van der Waals surface area contributed by atoms with Crippen molar-refractivity contribution in [1.29, 1.82) is 0 Å². The summed E-state index contributed by atoms with van der Waals surface area (Å²) < 4.78 is 31.7. The van der Waals surface area contributed by atoms with Gasteiger partial charge in [0, 0.05) is 6.54 Å². The average molecular weight is 349 g/mol. The van der Waals surface area contributed by atoms with E-state index in [2.05, 4.69) is 12.1 Å². The molecule has 8 heteroatoms. The molecule has 0 aromatic heterocycles. The van der Waals surface area contributed by atoms with E-state index in [4.69, 9.17) is 15.0 Å². The third-order valence-corrected chi connectivity index (χ3v) is 3.20. The van der Waals surface area contributed by atoms with Crippen LogP contribution in [0.15, 0.2) is 30.3 Å². The van der Waals surface area contributed by atoms with Gasteiger partial charge in [0.2, 0.25) is 0 Å². The van der Waals surface area contributed by atoms with Gasteiger partial charge in [0.25, 0.3) is 0 Å². The van der Waals surface area contributed by atoms with Gasteiger partial charge in [0.05, 0.1) is 0 Å². The summed E-state index contributed by atoms with van der Waals surface area (Å²) in [5, 5.41) is 16.3. The lowest BCUT2D eigenvalue weighted by Gasteiger charge is -2.27. The Balaban J connectivity index is 0.000000640. The molecule has 0 amide bonds. The van der Waals surface area contributed by atoms with E-state index < -0.39 is 24.2 Å². The van der Waals surface area contributed by atoms with Gasteiger partial charge in [-0.1, -0.05) is 44.2 Å². The Labute approximate surface area is 138 Å². The van der Waals surface area contributed by atoms with Crippen LogP contribution in [0.3, 0.4) is 0 Å². The second kappa shape index (κ2) is 9.92. The molecule has 0 heterocycles. The summed E-state index contributed by atoms with van der Waals surface area (Å²) in [6, 6.07) is 9.73. The van der Waals surface area contributed by atoms with Gasteiger partial charge in [-0.3, -0.25) is 9.69 Å². The molecule has 0 fully saturated rings. The van der Waals surface area contributed by atoms with Crippen LogP contribution < -0.4 is 0 Å². The van der Waals surface area contributed by atoms with Crippen molar-refractivity contribution in [3.63, 3.8) is 0 Å². The number of nitrogens with zero attached hydrogens (tertiary/aromatic N) is 1. The molecule has 1 aromatic rings. The standard InChI is InChI=1S/C14H21NO2.C2HF3O2/c1-11(2)13(14(16)17)15(3)10-9-12-7-5-4-6-8-12;3-2(4,5)1(6)7/h4-8,11,13H,9-10H2,1-3H3,(H,16,17);(H,6,7). The highest BCUT2D eigenvalue weighted by Crippen LogP contribution is 2.13. The summed E-state index contributed by atoms with van der Waals surface area (Å²) in [6.45, 7) is 4.65. The molecule has 1 atom stereocenters.